The average molecular weight is 364 g/mol. The Hall–Kier alpha value is -3.67. The van der Waals surface area contributed by atoms with E-state index in [9.17, 15) is 9.90 Å². The number of benzene rings is 3. The molecule has 4 N–H and O–H groups in total. The van der Waals surface area contributed by atoms with E-state index in [1.807, 2.05) is 30.3 Å². The summed E-state index contributed by atoms with van der Waals surface area (Å²) in [4.78, 5) is 12.2. The van der Waals surface area contributed by atoms with Crippen molar-refractivity contribution in [2.45, 2.75) is 6.42 Å². The number of rotatable bonds is 5. The molecule has 138 valence electrons. The minimum atomic E-state index is -1.12. The molecule has 0 heterocycles. The van der Waals surface area contributed by atoms with Crippen LogP contribution in [0.25, 0.3) is 0 Å². The Labute approximate surface area is 157 Å². The normalized spacial score (nSPS) is 10.4. The second-order valence-corrected chi connectivity index (χ2v) is 6.12. The van der Waals surface area contributed by atoms with Crippen molar-refractivity contribution in [1.29, 1.82) is 0 Å². The number of amides is 1. The molecule has 0 radical (unpaired) electrons. The number of carboxylic acid groups (broad SMARTS) is 1. The van der Waals surface area contributed by atoms with Gasteiger partial charge < -0.3 is 20.7 Å². The van der Waals surface area contributed by atoms with Crippen molar-refractivity contribution >= 4 is 17.5 Å². The topological polar surface area (TPSA) is 96.0 Å². The molecule has 27 heavy (non-hydrogen) atoms. The van der Waals surface area contributed by atoms with Gasteiger partial charge in [0.1, 0.15) is 17.2 Å². The van der Waals surface area contributed by atoms with Crippen molar-refractivity contribution in [2.24, 2.45) is 0 Å². The molecule has 0 bridgehead atoms. The lowest BCUT2D eigenvalue weighted by Gasteiger charge is -2.17. The summed E-state index contributed by atoms with van der Waals surface area (Å²) in [6, 6.07) is 19.7. The van der Waals surface area contributed by atoms with E-state index in [0.717, 1.165) is 16.0 Å². The van der Waals surface area contributed by atoms with Crippen molar-refractivity contribution in [3.63, 3.8) is 0 Å². The number of hydrogen-bond acceptors (Lipinski definition) is 4. The van der Waals surface area contributed by atoms with Gasteiger partial charge in [-0.05, 0) is 29.3 Å². The Morgan fingerprint density at radius 2 is 1.70 bits per heavy atom. The molecule has 0 atom stereocenters. The molecule has 0 unspecified atom stereocenters. The summed E-state index contributed by atoms with van der Waals surface area (Å²) >= 11 is 0. The molecular formula is C21H20N2O4. The molecule has 0 aliphatic rings. The summed E-state index contributed by atoms with van der Waals surface area (Å²) in [5, 5.41) is 19.4. The molecule has 1 amide bonds. The predicted molar refractivity (Wildman–Crippen MR) is 105 cm³/mol. The SMILES string of the molecule is CN(C(=O)O)c1cc(Oc2ccc(Cc3ccccc3)c(O)c2)ccc1N. The summed E-state index contributed by atoms with van der Waals surface area (Å²) < 4.78 is 5.75. The number of carbonyl (C=O) groups is 1. The Morgan fingerprint density at radius 3 is 2.37 bits per heavy atom. The van der Waals surface area contributed by atoms with Gasteiger partial charge in [0.25, 0.3) is 0 Å². The Balaban J connectivity index is 1.79. The van der Waals surface area contributed by atoms with Gasteiger partial charge in [0, 0.05) is 25.6 Å². The number of nitrogen functional groups attached to an aromatic ring is 1. The van der Waals surface area contributed by atoms with Crippen LogP contribution in [0.15, 0.2) is 66.7 Å². The van der Waals surface area contributed by atoms with Crippen LogP contribution in [0.3, 0.4) is 0 Å². The molecule has 6 heteroatoms. The van der Waals surface area contributed by atoms with Gasteiger partial charge in [0.2, 0.25) is 0 Å². The van der Waals surface area contributed by atoms with Gasteiger partial charge in [-0.15, -0.1) is 0 Å². The fraction of sp³-hybridized carbons (Fsp3) is 0.0952. The number of phenols is 1. The molecule has 3 aromatic carbocycles. The van der Waals surface area contributed by atoms with Crippen LogP contribution >= 0.6 is 0 Å². The largest absolute Gasteiger partial charge is 0.508 e. The summed E-state index contributed by atoms with van der Waals surface area (Å²) in [6.45, 7) is 0. The molecule has 0 saturated heterocycles. The lowest BCUT2D eigenvalue weighted by molar-refractivity contribution is 0.203. The number of phenolic OH excluding ortho intramolecular Hbond substituents is 1. The van der Waals surface area contributed by atoms with Gasteiger partial charge in [0.15, 0.2) is 0 Å². The van der Waals surface area contributed by atoms with Crippen LogP contribution in [0.1, 0.15) is 11.1 Å². The van der Waals surface area contributed by atoms with E-state index in [4.69, 9.17) is 15.6 Å². The van der Waals surface area contributed by atoms with E-state index in [1.54, 1.807) is 30.3 Å². The first-order chi connectivity index (χ1) is 12.9. The second kappa shape index (κ2) is 7.70. The van der Waals surface area contributed by atoms with Gasteiger partial charge >= 0.3 is 6.09 Å². The van der Waals surface area contributed by atoms with Crippen molar-refractivity contribution in [1.82, 2.24) is 0 Å². The van der Waals surface area contributed by atoms with Crippen LogP contribution in [-0.4, -0.2) is 23.4 Å². The number of hydrogen-bond donors (Lipinski definition) is 3. The number of anilines is 2. The standard InChI is InChI=1S/C21H20N2O4/c1-23(21(25)26)19-12-16(9-10-18(19)22)27-17-8-7-15(20(24)13-17)11-14-5-3-2-4-6-14/h2-10,12-13,24H,11,22H2,1H3,(H,25,26). The fourth-order valence-corrected chi connectivity index (χ4v) is 2.69. The fourth-order valence-electron chi connectivity index (χ4n) is 2.69. The molecule has 0 fully saturated rings. The highest BCUT2D eigenvalue weighted by atomic mass is 16.5. The average Bonchev–Trinajstić information content (AvgIpc) is 2.66. The monoisotopic (exact) mass is 364 g/mol. The Bertz CT molecular complexity index is 958. The zero-order chi connectivity index (χ0) is 19.4. The zero-order valence-electron chi connectivity index (χ0n) is 14.8. The molecule has 0 aromatic heterocycles. The van der Waals surface area contributed by atoms with Gasteiger partial charge in [-0.3, -0.25) is 4.90 Å². The third-order valence-electron chi connectivity index (χ3n) is 4.18. The van der Waals surface area contributed by atoms with Crippen LogP contribution in [0.5, 0.6) is 17.2 Å². The highest BCUT2D eigenvalue weighted by Crippen LogP contribution is 2.33. The molecule has 3 rings (SSSR count). The minimum Gasteiger partial charge on any atom is -0.508 e. The summed E-state index contributed by atoms with van der Waals surface area (Å²) in [5.41, 5.74) is 8.38. The van der Waals surface area contributed by atoms with Gasteiger partial charge in [-0.2, -0.15) is 0 Å². The van der Waals surface area contributed by atoms with Crippen molar-refractivity contribution < 1.29 is 19.7 Å². The number of nitrogens with zero attached hydrogens (tertiary/aromatic N) is 1. The molecule has 6 nitrogen and oxygen atoms in total. The lowest BCUT2D eigenvalue weighted by Crippen LogP contribution is -2.24. The second-order valence-electron chi connectivity index (χ2n) is 6.12. The highest BCUT2D eigenvalue weighted by Gasteiger charge is 2.13. The highest BCUT2D eigenvalue weighted by molar-refractivity contribution is 5.90. The maximum absolute atomic E-state index is 11.2. The summed E-state index contributed by atoms with van der Waals surface area (Å²) in [7, 11) is 1.40. The first kappa shape index (κ1) is 18.1. The number of nitrogens with two attached hydrogens (primary N) is 1. The molecule has 0 spiro atoms. The molecule has 0 aliphatic heterocycles. The van der Waals surface area contributed by atoms with Gasteiger partial charge in [-0.25, -0.2) is 4.79 Å². The van der Waals surface area contributed by atoms with Gasteiger partial charge in [-0.1, -0.05) is 36.4 Å². The number of ether oxygens (including phenoxy) is 1. The van der Waals surface area contributed by atoms with Crippen LogP contribution in [-0.2, 0) is 6.42 Å². The van der Waals surface area contributed by atoms with Gasteiger partial charge in [0.05, 0.1) is 11.4 Å². The van der Waals surface area contributed by atoms with E-state index >= 15 is 0 Å². The van der Waals surface area contributed by atoms with Crippen molar-refractivity contribution in [3.8, 4) is 17.2 Å². The summed E-state index contributed by atoms with van der Waals surface area (Å²) in [5.74, 6) is 0.996. The molecule has 3 aromatic rings. The Kier molecular flexibility index (Phi) is 5.17. The number of aromatic hydroxyl groups is 1. The quantitative estimate of drug-likeness (QED) is 0.581. The maximum Gasteiger partial charge on any atom is 0.411 e. The first-order valence-electron chi connectivity index (χ1n) is 8.34. The first-order valence-corrected chi connectivity index (χ1v) is 8.34. The van der Waals surface area contributed by atoms with Crippen molar-refractivity contribution in [3.05, 3.63) is 77.9 Å². The molecule has 0 saturated carbocycles. The third-order valence-corrected chi connectivity index (χ3v) is 4.18. The predicted octanol–water partition coefficient (Wildman–Crippen LogP) is 4.47. The Morgan fingerprint density at radius 1 is 1.04 bits per heavy atom. The van der Waals surface area contributed by atoms with E-state index in [0.29, 0.717) is 29.3 Å². The minimum absolute atomic E-state index is 0.134. The zero-order valence-corrected chi connectivity index (χ0v) is 14.8. The third kappa shape index (κ3) is 4.30. The van der Waals surface area contributed by atoms with Crippen molar-refractivity contribution in [2.75, 3.05) is 17.7 Å². The van der Waals surface area contributed by atoms with E-state index in [-0.39, 0.29) is 5.75 Å². The maximum atomic E-state index is 11.2. The summed E-state index contributed by atoms with van der Waals surface area (Å²) in [6.07, 6.45) is -0.510. The molecular weight excluding hydrogens is 344 g/mol. The molecule has 0 aliphatic carbocycles. The smallest absolute Gasteiger partial charge is 0.411 e. The van der Waals surface area contributed by atoms with Crippen LogP contribution in [0.4, 0.5) is 16.2 Å². The van der Waals surface area contributed by atoms with Crippen LogP contribution in [0.2, 0.25) is 0 Å². The van der Waals surface area contributed by atoms with Crippen LogP contribution < -0.4 is 15.4 Å². The lowest BCUT2D eigenvalue weighted by atomic mass is 10.0. The van der Waals surface area contributed by atoms with E-state index in [2.05, 4.69) is 0 Å². The van der Waals surface area contributed by atoms with Crippen LogP contribution in [0, 0.1) is 0 Å². The van der Waals surface area contributed by atoms with E-state index < -0.39 is 6.09 Å². The van der Waals surface area contributed by atoms with E-state index in [1.165, 1.54) is 13.1 Å².